The molecule has 5 rings (SSSR count). The molecule has 4 aliphatic rings. The fourth-order valence-corrected chi connectivity index (χ4v) is 5.24. The van der Waals surface area contributed by atoms with Gasteiger partial charge in [-0.3, -0.25) is 9.59 Å². The molecule has 1 aromatic rings. The molecule has 0 radical (unpaired) electrons. The number of carbonyl (C=O) groups is 2. The van der Waals surface area contributed by atoms with Crippen molar-refractivity contribution in [3.05, 3.63) is 35.9 Å². The molecule has 26 heavy (non-hydrogen) atoms. The number of methoxy groups -OCH3 is 2. The molecule has 6 nitrogen and oxygen atoms in total. The molecule has 2 bridgehead atoms. The van der Waals surface area contributed by atoms with Crippen molar-refractivity contribution in [1.82, 2.24) is 5.01 Å². The second-order valence-corrected chi connectivity index (χ2v) is 7.56. The Bertz CT molecular complexity index is 837. The lowest BCUT2D eigenvalue weighted by atomic mass is 9.85. The fraction of sp³-hybridized carbons (Fsp3) is 0.450. The zero-order valence-corrected chi connectivity index (χ0v) is 14.7. The Kier molecular flexibility index (Phi) is 3.12. The summed E-state index contributed by atoms with van der Waals surface area (Å²) in [6, 6.07) is 5.31. The Morgan fingerprint density at radius 3 is 2.27 bits per heavy atom. The van der Waals surface area contributed by atoms with Crippen LogP contribution in [-0.4, -0.2) is 37.3 Å². The second kappa shape index (κ2) is 5.19. The van der Waals surface area contributed by atoms with Gasteiger partial charge >= 0.3 is 0 Å². The van der Waals surface area contributed by atoms with Gasteiger partial charge in [0.2, 0.25) is 0 Å². The maximum Gasteiger partial charge on any atom is 0.254 e. The number of carbonyl (C=O) groups excluding carboxylic acids is 2. The number of rotatable bonds is 4. The maximum absolute atomic E-state index is 12.9. The molecule has 3 aliphatic carbocycles. The van der Waals surface area contributed by atoms with Crippen LogP contribution in [0, 0.1) is 29.1 Å². The lowest BCUT2D eigenvalue weighted by Gasteiger charge is -2.18. The molecule has 4 atom stereocenters. The molecule has 1 aromatic carbocycles. The third-order valence-corrected chi connectivity index (χ3v) is 6.58. The number of benzene rings is 1. The molecular formula is C20H20N2O4. The van der Waals surface area contributed by atoms with E-state index in [1.807, 2.05) is 0 Å². The highest BCUT2D eigenvalue weighted by Crippen LogP contribution is 2.73. The van der Waals surface area contributed by atoms with Crippen LogP contribution in [0.5, 0.6) is 11.5 Å². The number of allylic oxidation sites excluding steroid dienone is 2. The molecule has 1 saturated heterocycles. The first-order valence-electron chi connectivity index (χ1n) is 8.93. The van der Waals surface area contributed by atoms with Gasteiger partial charge in [-0.1, -0.05) is 12.2 Å². The van der Waals surface area contributed by atoms with Crippen LogP contribution in [0.1, 0.15) is 18.4 Å². The molecule has 3 fully saturated rings. The number of amides is 2. The van der Waals surface area contributed by atoms with E-state index in [2.05, 4.69) is 17.3 Å². The summed E-state index contributed by atoms with van der Waals surface area (Å²) in [5, 5.41) is 5.30. The van der Waals surface area contributed by atoms with Gasteiger partial charge in [-0.15, -0.1) is 0 Å². The molecule has 2 saturated carbocycles. The first-order valence-corrected chi connectivity index (χ1v) is 8.93. The summed E-state index contributed by atoms with van der Waals surface area (Å²) in [6.45, 7) is 0. The Labute approximate surface area is 151 Å². The summed E-state index contributed by atoms with van der Waals surface area (Å²) in [4.78, 5) is 25.8. The van der Waals surface area contributed by atoms with Crippen molar-refractivity contribution < 1.29 is 19.1 Å². The van der Waals surface area contributed by atoms with Crippen molar-refractivity contribution >= 4 is 18.0 Å². The largest absolute Gasteiger partial charge is 0.497 e. The van der Waals surface area contributed by atoms with E-state index in [1.165, 1.54) is 6.21 Å². The third-order valence-electron chi connectivity index (χ3n) is 6.58. The number of hydrazone groups is 1. The predicted octanol–water partition coefficient (Wildman–Crippen LogP) is 2.23. The highest BCUT2D eigenvalue weighted by atomic mass is 16.5. The molecular weight excluding hydrogens is 332 g/mol. The van der Waals surface area contributed by atoms with Crippen molar-refractivity contribution in [1.29, 1.82) is 0 Å². The molecule has 134 valence electrons. The van der Waals surface area contributed by atoms with Crippen LogP contribution in [-0.2, 0) is 9.59 Å². The minimum atomic E-state index is -0.232. The number of imide groups is 1. The van der Waals surface area contributed by atoms with Gasteiger partial charge in [-0.2, -0.15) is 10.1 Å². The minimum absolute atomic E-state index is 0.166. The lowest BCUT2D eigenvalue weighted by molar-refractivity contribution is -0.141. The Balaban J connectivity index is 1.44. The van der Waals surface area contributed by atoms with Gasteiger partial charge in [0, 0.05) is 5.56 Å². The maximum atomic E-state index is 12.9. The van der Waals surface area contributed by atoms with Crippen LogP contribution in [0.4, 0.5) is 0 Å². The monoisotopic (exact) mass is 352 g/mol. The van der Waals surface area contributed by atoms with Crippen molar-refractivity contribution in [2.24, 2.45) is 34.2 Å². The topological polar surface area (TPSA) is 68.2 Å². The van der Waals surface area contributed by atoms with E-state index < -0.39 is 0 Å². The zero-order chi connectivity index (χ0) is 18.1. The Morgan fingerprint density at radius 2 is 1.73 bits per heavy atom. The highest BCUT2D eigenvalue weighted by molar-refractivity contribution is 6.07. The summed E-state index contributed by atoms with van der Waals surface area (Å²) >= 11 is 0. The van der Waals surface area contributed by atoms with Crippen LogP contribution in [0.15, 0.2) is 35.5 Å². The lowest BCUT2D eigenvalue weighted by Crippen LogP contribution is -2.30. The van der Waals surface area contributed by atoms with Gasteiger partial charge in [0.05, 0.1) is 32.3 Å². The summed E-state index contributed by atoms with van der Waals surface area (Å²) in [6.07, 6.45) is 8.07. The Morgan fingerprint density at radius 1 is 1.08 bits per heavy atom. The normalized spacial score (nSPS) is 32.8. The van der Waals surface area contributed by atoms with Gasteiger partial charge < -0.3 is 9.47 Å². The average molecular weight is 352 g/mol. The SMILES string of the molecule is COc1ccc(OC)c(/C=N\N2C(=O)[C@@H]3[C@@H](C2=O)[C@@H]2C=C[C@@H]3C23CC3)c1. The van der Waals surface area contributed by atoms with Gasteiger partial charge in [-0.25, -0.2) is 0 Å². The van der Waals surface area contributed by atoms with Crippen molar-refractivity contribution in [3.63, 3.8) is 0 Å². The molecule has 1 heterocycles. The Hall–Kier alpha value is -2.63. The first-order chi connectivity index (χ1) is 12.6. The smallest absolute Gasteiger partial charge is 0.254 e. The quantitative estimate of drug-likeness (QED) is 0.473. The fourth-order valence-electron chi connectivity index (χ4n) is 5.24. The van der Waals surface area contributed by atoms with E-state index in [9.17, 15) is 9.59 Å². The second-order valence-electron chi connectivity index (χ2n) is 7.56. The summed E-state index contributed by atoms with van der Waals surface area (Å²) in [5.74, 6) is 0.880. The number of ether oxygens (including phenoxy) is 2. The van der Waals surface area contributed by atoms with Crippen LogP contribution >= 0.6 is 0 Å². The number of fused-ring (bicyclic) bond motifs is 3. The van der Waals surface area contributed by atoms with Crippen molar-refractivity contribution in [3.8, 4) is 11.5 Å². The van der Waals surface area contributed by atoms with E-state index in [0.717, 1.165) is 17.9 Å². The molecule has 6 heteroatoms. The van der Waals surface area contributed by atoms with Crippen molar-refractivity contribution in [2.45, 2.75) is 12.8 Å². The van der Waals surface area contributed by atoms with E-state index in [0.29, 0.717) is 17.1 Å². The van der Waals surface area contributed by atoms with Gasteiger partial charge in [-0.05, 0) is 48.3 Å². The number of nitrogens with zero attached hydrogens (tertiary/aromatic N) is 2. The van der Waals surface area contributed by atoms with Crippen LogP contribution < -0.4 is 9.47 Å². The van der Waals surface area contributed by atoms with Crippen LogP contribution in [0.25, 0.3) is 0 Å². The highest BCUT2D eigenvalue weighted by Gasteiger charge is 2.73. The minimum Gasteiger partial charge on any atom is -0.497 e. The summed E-state index contributed by atoms with van der Waals surface area (Å²) in [7, 11) is 3.14. The molecule has 0 N–H and O–H groups in total. The van der Waals surface area contributed by atoms with E-state index in [1.54, 1.807) is 32.4 Å². The van der Waals surface area contributed by atoms with E-state index in [4.69, 9.17) is 9.47 Å². The van der Waals surface area contributed by atoms with E-state index >= 15 is 0 Å². The molecule has 1 spiro atoms. The van der Waals surface area contributed by atoms with Gasteiger partial charge in [0.25, 0.3) is 11.8 Å². The molecule has 0 unspecified atom stereocenters. The van der Waals surface area contributed by atoms with Gasteiger partial charge in [0.15, 0.2) is 0 Å². The number of hydrogen-bond donors (Lipinski definition) is 0. The standard InChI is InChI=1S/C20H20N2O4/c1-25-12-3-6-15(26-2)11(9-12)10-21-22-18(23)16-13-4-5-14(17(16)19(22)24)20(13)7-8-20/h3-6,9-10,13-14,16-17H,7-8H2,1-2H3/b21-10-/t13-,14-,16-,17-/m0/s1. The molecule has 2 amide bonds. The van der Waals surface area contributed by atoms with Crippen LogP contribution in [0.2, 0.25) is 0 Å². The van der Waals surface area contributed by atoms with E-state index in [-0.39, 0.29) is 40.9 Å². The third kappa shape index (κ3) is 1.84. The number of hydrogen-bond acceptors (Lipinski definition) is 5. The predicted molar refractivity (Wildman–Crippen MR) is 93.8 cm³/mol. The first kappa shape index (κ1) is 15.6. The average Bonchev–Trinajstić information content (AvgIpc) is 3.26. The summed E-state index contributed by atoms with van der Waals surface area (Å²) in [5.41, 5.74) is 0.858. The van der Waals surface area contributed by atoms with Crippen LogP contribution in [0.3, 0.4) is 0 Å². The van der Waals surface area contributed by atoms with Gasteiger partial charge in [0.1, 0.15) is 11.5 Å². The summed E-state index contributed by atoms with van der Waals surface area (Å²) < 4.78 is 10.5. The molecule has 1 aliphatic heterocycles. The molecule has 0 aromatic heterocycles. The zero-order valence-electron chi connectivity index (χ0n) is 14.7. The van der Waals surface area contributed by atoms with Crippen molar-refractivity contribution in [2.75, 3.05) is 14.2 Å².